The lowest BCUT2D eigenvalue weighted by molar-refractivity contribution is 0.361. The lowest BCUT2D eigenvalue weighted by Gasteiger charge is -2.24. The van der Waals surface area contributed by atoms with Gasteiger partial charge in [0.2, 0.25) is 5.95 Å². The predicted octanol–water partition coefficient (Wildman–Crippen LogP) is 3.16. The van der Waals surface area contributed by atoms with Crippen molar-refractivity contribution in [2.45, 2.75) is 32.6 Å². The van der Waals surface area contributed by atoms with Crippen LogP contribution >= 0.6 is 11.6 Å². The highest BCUT2D eigenvalue weighted by Crippen LogP contribution is 2.37. The van der Waals surface area contributed by atoms with Gasteiger partial charge in [-0.05, 0) is 18.3 Å². The Labute approximate surface area is 107 Å². The molecule has 0 bridgehead atoms. The first-order valence-electron chi connectivity index (χ1n) is 6.07. The molecule has 0 unspecified atom stereocenters. The molecule has 0 saturated heterocycles. The number of nitrogens with zero attached hydrogens (tertiary/aromatic N) is 2. The summed E-state index contributed by atoms with van der Waals surface area (Å²) >= 11 is 6.07. The first kappa shape index (κ1) is 12.4. The van der Waals surface area contributed by atoms with Crippen molar-refractivity contribution in [3.05, 3.63) is 11.2 Å². The van der Waals surface area contributed by atoms with E-state index in [4.69, 9.17) is 11.6 Å². The molecular weight excluding hydrogens is 236 g/mol. The molecule has 0 amide bonds. The number of anilines is 2. The standard InChI is InChI=1S/C12H19ClN4/c1-12(5-3-4-6-12)8-16-10-9(13)7-15-11(14-2)17-10/h7H,3-6,8H2,1-2H3,(H2,14,15,16,17). The third kappa shape index (κ3) is 3.00. The van der Waals surface area contributed by atoms with Gasteiger partial charge in [-0.2, -0.15) is 4.98 Å². The van der Waals surface area contributed by atoms with E-state index in [-0.39, 0.29) is 0 Å². The fourth-order valence-electron chi connectivity index (χ4n) is 2.31. The smallest absolute Gasteiger partial charge is 0.224 e. The molecule has 1 aromatic rings. The van der Waals surface area contributed by atoms with Crippen LogP contribution in [0.3, 0.4) is 0 Å². The zero-order chi connectivity index (χ0) is 12.3. The van der Waals surface area contributed by atoms with E-state index in [2.05, 4.69) is 27.5 Å². The molecule has 2 N–H and O–H groups in total. The van der Waals surface area contributed by atoms with Crippen LogP contribution in [0, 0.1) is 5.41 Å². The highest BCUT2D eigenvalue weighted by Gasteiger charge is 2.28. The van der Waals surface area contributed by atoms with E-state index in [1.54, 1.807) is 13.2 Å². The quantitative estimate of drug-likeness (QED) is 0.867. The molecule has 17 heavy (non-hydrogen) atoms. The van der Waals surface area contributed by atoms with E-state index in [1.165, 1.54) is 25.7 Å². The summed E-state index contributed by atoms with van der Waals surface area (Å²) in [4.78, 5) is 8.38. The minimum absolute atomic E-state index is 0.383. The first-order chi connectivity index (χ1) is 8.13. The van der Waals surface area contributed by atoms with Gasteiger partial charge < -0.3 is 10.6 Å². The Morgan fingerprint density at radius 1 is 1.41 bits per heavy atom. The monoisotopic (exact) mass is 254 g/mol. The van der Waals surface area contributed by atoms with Crippen molar-refractivity contribution in [2.75, 3.05) is 24.2 Å². The largest absolute Gasteiger partial charge is 0.368 e. The van der Waals surface area contributed by atoms with Crippen molar-refractivity contribution in [3.63, 3.8) is 0 Å². The van der Waals surface area contributed by atoms with Gasteiger partial charge in [0.15, 0.2) is 5.82 Å². The van der Waals surface area contributed by atoms with Crippen LogP contribution in [-0.2, 0) is 0 Å². The molecule has 2 rings (SSSR count). The predicted molar refractivity (Wildman–Crippen MR) is 71.7 cm³/mol. The lowest BCUT2D eigenvalue weighted by Crippen LogP contribution is -2.23. The van der Waals surface area contributed by atoms with Crippen molar-refractivity contribution in [1.82, 2.24) is 9.97 Å². The van der Waals surface area contributed by atoms with Crippen LogP contribution in [0.2, 0.25) is 5.02 Å². The van der Waals surface area contributed by atoms with Crippen molar-refractivity contribution >= 4 is 23.4 Å². The Hall–Kier alpha value is -1.03. The summed E-state index contributed by atoms with van der Waals surface area (Å²) in [5.74, 6) is 1.31. The number of hydrogen-bond donors (Lipinski definition) is 2. The summed E-state index contributed by atoms with van der Waals surface area (Å²) in [6.07, 6.45) is 6.85. The summed E-state index contributed by atoms with van der Waals surface area (Å²) < 4.78 is 0. The van der Waals surface area contributed by atoms with Gasteiger partial charge in [-0.1, -0.05) is 31.4 Å². The summed E-state index contributed by atoms with van der Waals surface area (Å²) in [7, 11) is 1.80. The number of nitrogens with one attached hydrogen (secondary N) is 2. The molecule has 1 aromatic heterocycles. The van der Waals surface area contributed by atoms with Gasteiger partial charge in [0.05, 0.1) is 6.20 Å². The van der Waals surface area contributed by atoms with E-state index < -0.39 is 0 Å². The van der Waals surface area contributed by atoms with Gasteiger partial charge in [0, 0.05) is 13.6 Å². The zero-order valence-electron chi connectivity index (χ0n) is 10.4. The van der Waals surface area contributed by atoms with Gasteiger partial charge in [-0.15, -0.1) is 0 Å². The average molecular weight is 255 g/mol. The average Bonchev–Trinajstić information content (AvgIpc) is 2.76. The molecule has 1 aliphatic carbocycles. The maximum Gasteiger partial charge on any atom is 0.224 e. The van der Waals surface area contributed by atoms with Crippen molar-refractivity contribution < 1.29 is 0 Å². The Balaban J connectivity index is 2.02. The molecule has 1 aliphatic rings. The van der Waals surface area contributed by atoms with Crippen LogP contribution in [0.15, 0.2) is 6.20 Å². The van der Waals surface area contributed by atoms with Gasteiger partial charge in [-0.25, -0.2) is 4.98 Å². The topological polar surface area (TPSA) is 49.8 Å². The van der Waals surface area contributed by atoms with Crippen molar-refractivity contribution in [2.24, 2.45) is 5.41 Å². The third-order valence-corrected chi connectivity index (χ3v) is 3.74. The molecule has 0 radical (unpaired) electrons. The lowest BCUT2D eigenvalue weighted by atomic mass is 9.89. The second kappa shape index (κ2) is 5.08. The zero-order valence-corrected chi connectivity index (χ0v) is 11.1. The first-order valence-corrected chi connectivity index (χ1v) is 6.45. The highest BCUT2D eigenvalue weighted by atomic mass is 35.5. The molecule has 0 atom stereocenters. The van der Waals surface area contributed by atoms with Gasteiger partial charge in [0.25, 0.3) is 0 Å². The molecule has 5 heteroatoms. The van der Waals surface area contributed by atoms with Crippen molar-refractivity contribution in [1.29, 1.82) is 0 Å². The molecule has 0 aromatic carbocycles. The molecule has 94 valence electrons. The van der Waals surface area contributed by atoms with E-state index in [0.717, 1.165) is 12.4 Å². The van der Waals surface area contributed by atoms with Gasteiger partial charge in [-0.3, -0.25) is 0 Å². The molecule has 1 saturated carbocycles. The van der Waals surface area contributed by atoms with Crippen LogP contribution in [0.4, 0.5) is 11.8 Å². The Kier molecular flexibility index (Phi) is 3.72. The molecule has 1 fully saturated rings. The molecule has 0 aliphatic heterocycles. The van der Waals surface area contributed by atoms with Crippen LogP contribution in [0.1, 0.15) is 32.6 Å². The summed E-state index contributed by atoms with van der Waals surface area (Å²) in [6.45, 7) is 3.24. The Morgan fingerprint density at radius 2 is 2.12 bits per heavy atom. The maximum absolute atomic E-state index is 6.07. The fraction of sp³-hybridized carbons (Fsp3) is 0.667. The van der Waals surface area contributed by atoms with Crippen LogP contribution in [-0.4, -0.2) is 23.6 Å². The van der Waals surface area contributed by atoms with Gasteiger partial charge >= 0.3 is 0 Å². The third-order valence-electron chi connectivity index (χ3n) is 3.46. The minimum atomic E-state index is 0.383. The van der Waals surface area contributed by atoms with E-state index in [1.807, 2.05) is 0 Å². The number of aromatic nitrogens is 2. The normalized spacial score (nSPS) is 18.1. The maximum atomic E-state index is 6.07. The highest BCUT2D eigenvalue weighted by molar-refractivity contribution is 6.32. The van der Waals surface area contributed by atoms with E-state index in [9.17, 15) is 0 Å². The van der Waals surface area contributed by atoms with E-state index >= 15 is 0 Å². The second-order valence-corrected chi connectivity index (χ2v) is 5.42. The Bertz CT molecular complexity index is 388. The summed E-state index contributed by atoms with van der Waals surface area (Å²) in [5.41, 5.74) is 0.383. The fourth-order valence-corrected chi connectivity index (χ4v) is 2.47. The van der Waals surface area contributed by atoms with Gasteiger partial charge in [0.1, 0.15) is 5.02 Å². The van der Waals surface area contributed by atoms with E-state index in [0.29, 0.717) is 16.4 Å². The van der Waals surface area contributed by atoms with Crippen LogP contribution < -0.4 is 10.6 Å². The summed E-state index contributed by atoms with van der Waals surface area (Å²) in [6, 6.07) is 0. The SMILES string of the molecule is CNc1ncc(Cl)c(NCC2(C)CCCC2)n1. The number of rotatable bonds is 4. The van der Waals surface area contributed by atoms with Crippen molar-refractivity contribution in [3.8, 4) is 0 Å². The minimum Gasteiger partial charge on any atom is -0.368 e. The van der Waals surface area contributed by atoms with Crippen LogP contribution in [0.25, 0.3) is 0 Å². The molecule has 4 nitrogen and oxygen atoms in total. The molecule has 1 heterocycles. The van der Waals surface area contributed by atoms with Crippen LogP contribution in [0.5, 0.6) is 0 Å². The Morgan fingerprint density at radius 3 is 2.76 bits per heavy atom. The second-order valence-electron chi connectivity index (χ2n) is 5.01. The molecule has 0 spiro atoms. The number of halogens is 1. The summed E-state index contributed by atoms with van der Waals surface area (Å²) in [5, 5.41) is 6.83. The number of hydrogen-bond acceptors (Lipinski definition) is 4. The molecular formula is C12H19ClN4.